The number of carbonyl (C=O) groups is 1. The van der Waals surface area contributed by atoms with Crippen molar-refractivity contribution in [3.8, 4) is 5.75 Å². The molecule has 0 unspecified atom stereocenters. The van der Waals surface area contributed by atoms with Gasteiger partial charge in [0.05, 0.1) is 12.0 Å². The molecule has 0 radical (unpaired) electrons. The summed E-state index contributed by atoms with van der Waals surface area (Å²) in [6, 6.07) is 4.62. The summed E-state index contributed by atoms with van der Waals surface area (Å²) < 4.78 is 20.1. The van der Waals surface area contributed by atoms with E-state index in [1.54, 1.807) is 12.1 Å². The van der Waals surface area contributed by atoms with Crippen molar-refractivity contribution in [1.82, 2.24) is 5.32 Å². The third kappa shape index (κ3) is 4.67. The zero-order valence-electron chi connectivity index (χ0n) is 14.5. The molecule has 0 saturated carbocycles. The molecule has 2 rings (SSSR count). The van der Waals surface area contributed by atoms with Crippen LogP contribution in [0.25, 0.3) is 0 Å². The Balaban J connectivity index is 2.15. The SMILES string of the molecule is CC(C)(C)[Si](C)(C)Oc1ccc(F)c(C=NN=C2NC(=O)CS2)c1. The van der Waals surface area contributed by atoms with Crippen LogP contribution < -0.4 is 9.74 Å². The summed E-state index contributed by atoms with van der Waals surface area (Å²) in [7, 11) is -1.99. The molecule has 0 atom stereocenters. The molecule has 1 fully saturated rings. The fraction of sp³-hybridized carbons (Fsp3) is 0.438. The number of halogens is 1. The van der Waals surface area contributed by atoms with Crippen molar-refractivity contribution in [2.24, 2.45) is 10.2 Å². The van der Waals surface area contributed by atoms with E-state index in [1.165, 1.54) is 24.0 Å². The largest absolute Gasteiger partial charge is 0.543 e. The molecule has 0 bridgehead atoms. The predicted octanol–water partition coefficient (Wildman–Crippen LogP) is 3.76. The lowest BCUT2D eigenvalue weighted by Crippen LogP contribution is -2.43. The van der Waals surface area contributed by atoms with Crippen LogP contribution >= 0.6 is 11.8 Å². The van der Waals surface area contributed by atoms with Crippen molar-refractivity contribution in [2.75, 3.05) is 5.75 Å². The highest BCUT2D eigenvalue weighted by atomic mass is 32.2. The Labute approximate surface area is 146 Å². The first-order valence-corrected chi connectivity index (χ1v) is 11.5. The molecular formula is C16H22FN3O2SSi. The average molecular weight is 368 g/mol. The molecule has 5 nitrogen and oxygen atoms in total. The van der Waals surface area contributed by atoms with E-state index in [0.717, 1.165) is 0 Å². The van der Waals surface area contributed by atoms with Gasteiger partial charge >= 0.3 is 0 Å². The Hall–Kier alpha value is -1.67. The predicted molar refractivity (Wildman–Crippen MR) is 99.9 cm³/mol. The Morgan fingerprint density at radius 2 is 2.08 bits per heavy atom. The van der Waals surface area contributed by atoms with Crippen LogP contribution in [-0.4, -0.2) is 31.4 Å². The topological polar surface area (TPSA) is 63.1 Å². The van der Waals surface area contributed by atoms with Gasteiger partial charge < -0.3 is 9.74 Å². The average Bonchev–Trinajstić information content (AvgIpc) is 2.86. The lowest BCUT2D eigenvalue weighted by Gasteiger charge is -2.36. The lowest BCUT2D eigenvalue weighted by atomic mass is 10.2. The monoisotopic (exact) mass is 367 g/mol. The smallest absolute Gasteiger partial charge is 0.250 e. The van der Waals surface area contributed by atoms with Crippen LogP contribution in [0.4, 0.5) is 4.39 Å². The highest BCUT2D eigenvalue weighted by Gasteiger charge is 2.39. The van der Waals surface area contributed by atoms with E-state index < -0.39 is 14.1 Å². The number of carbonyl (C=O) groups excluding carboxylic acids is 1. The number of nitrogens with one attached hydrogen (secondary N) is 1. The van der Waals surface area contributed by atoms with Gasteiger partial charge in [0.1, 0.15) is 11.6 Å². The van der Waals surface area contributed by atoms with Gasteiger partial charge in [0.15, 0.2) is 5.17 Å². The molecule has 130 valence electrons. The Morgan fingerprint density at radius 1 is 1.38 bits per heavy atom. The van der Waals surface area contributed by atoms with Crippen molar-refractivity contribution < 1.29 is 13.6 Å². The number of nitrogens with zero attached hydrogens (tertiary/aromatic N) is 2. The number of hydrogen-bond acceptors (Lipinski definition) is 5. The fourth-order valence-electron chi connectivity index (χ4n) is 1.65. The minimum absolute atomic E-state index is 0.0551. The van der Waals surface area contributed by atoms with Crippen molar-refractivity contribution in [3.05, 3.63) is 29.6 Å². The third-order valence-electron chi connectivity index (χ3n) is 4.08. The van der Waals surface area contributed by atoms with Gasteiger partial charge in [-0.05, 0) is 36.3 Å². The fourth-order valence-corrected chi connectivity index (χ4v) is 3.31. The summed E-state index contributed by atoms with van der Waals surface area (Å²) >= 11 is 1.27. The second kappa shape index (κ2) is 7.06. The summed E-state index contributed by atoms with van der Waals surface area (Å²) in [5.41, 5.74) is 0.296. The molecule has 1 saturated heterocycles. The molecule has 1 heterocycles. The molecule has 0 aromatic heterocycles. The maximum Gasteiger partial charge on any atom is 0.250 e. The number of thioether (sulfide) groups is 1. The minimum Gasteiger partial charge on any atom is -0.543 e. The summed E-state index contributed by atoms with van der Waals surface area (Å²) in [6.07, 6.45) is 1.33. The number of hydrogen-bond donors (Lipinski definition) is 1. The number of rotatable bonds is 4. The van der Waals surface area contributed by atoms with E-state index in [1.807, 2.05) is 0 Å². The van der Waals surface area contributed by atoms with Crippen LogP contribution in [0.5, 0.6) is 5.75 Å². The van der Waals surface area contributed by atoms with E-state index in [4.69, 9.17) is 4.43 Å². The van der Waals surface area contributed by atoms with Gasteiger partial charge in [-0.15, -0.1) is 5.10 Å². The van der Waals surface area contributed by atoms with Gasteiger partial charge in [0.25, 0.3) is 0 Å². The van der Waals surface area contributed by atoms with Crippen LogP contribution in [-0.2, 0) is 4.79 Å². The van der Waals surface area contributed by atoms with E-state index in [0.29, 0.717) is 22.2 Å². The number of benzene rings is 1. The van der Waals surface area contributed by atoms with E-state index in [9.17, 15) is 9.18 Å². The Bertz CT molecular complexity index is 699. The summed E-state index contributed by atoms with van der Waals surface area (Å²) in [6.45, 7) is 10.7. The van der Waals surface area contributed by atoms with E-state index in [2.05, 4.69) is 49.4 Å². The van der Waals surface area contributed by atoms with Gasteiger partial charge in [-0.1, -0.05) is 32.5 Å². The summed E-state index contributed by atoms with van der Waals surface area (Å²) in [4.78, 5) is 11.1. The maximum absolute atomic E-state index is 13.9. The zero-order valence-corrected chi connectivity index (χ0v) is 16.3. The van der Waals surface area contributed by atoms with Crippen LogP contribution in [0.1, 0.15) is 26.3 Å². The molecule has 1 aliphatic rings. The van der Waals surface area contributed by atoms with Crippen LogP contribution in [0.3, 0.4) is 0 Å². The summed E-state index contributed by atoms with van der Waals surface area (Å²) in [5, 5.41) is 10.8. The zero-order chi connectivity index (χ0) is 18.0. The van der Waals surface area contributed by atoms with Gasteiger partial charge in [-0.3, -0.25) is 4.79 Å². The van der Waals surface area contributed by atoms with E-state index >= 15 is 0 Å². The molecule has 1 amide bonds. The van der Waals surface area contributed by atoms with Gasteiger partial charge in [-0.2, -0.15) is 5.10 Å². The molecule has 8 heteroatoms. The number of amides is 1. The quantitative estimate of drug-likeness (QED) is 0.501. The van der Waals surface area contributed by atoms with Gasteiger partial charge in [-0.25, -0.2) is 4.39 Å². The minimum atomic E-state index is -1.99. The molecule has 1 aliphatic heterocycles. The second-order valence-electron chi connectivity index (χ2n) is 7.03. The molecule has 1 aromatic rings. The Kier molecular flexibility index (Phi) is 5.49. The van der Waals surface area contributed by atoms with Crippen molar-refractivity contribution in [2.45, 2.75) is 38.9 Å². The van der Waals surface area contributed by atoms with Crippen molar-refractivity contribution in [1.29, 1.82) is 0 Å². The van der Waals surface area contributed by atoms with Gasteiger partial charge in [0, 0.05) is 5.56 Å². The summed E-state index contributed by atoms with van der Waals surface area (Å²) in [5.74, 6) is 0.452. The highest BCUT2D eigenvalue weighted by molar-refractivity contribution is 8.15. The van der Waals surface area contributed by atoms with Crippen LogP contribution in [0, 0.1) is 5.82 Å². The highest BCUT2D eigenvalue weighted by Crippen LogP contribution is 2.37. The normalized spacial score (nSPS) is 17.6. The van der Waals surface area contributed by atoms with Gasteiger partial charge in [0.2, 0.25) is 14.2 Å². The lowest BCUT2D eigenvalue weighted by molar-refractivity contribution is -0.116. The molecule has 0 aliphatic carbocycles. The molecule has 1 N–H and O–H groups in total. The molecular weight excluding hydrogens is 345 g/mol. The first-order valence-electron chi connectivity index (χ1n) is 7.61. The Morgan fingerprint density at radius 3 is 2.67 bits per heavy atom. The third-order valence-corrected chi connectivity index (χ3v) is 9.30. The van der Waals surface area contributed by atoms with E-state index in [-0.39, 0.29) is 10.9 Å². The molecule has 0 spiro atoms. The number of amidine groups is 1. The molecule has 1 aromatic carbocycles. The first kappa shape index (κ1) is 18.7. The standard InChI is InChI=1S/C16H22FN3O2SSi/c1-16(2,3)24(4,5)22-12-6-7-13(17)11(8-12)9-18-20-15-19-14(21)10-23-15/h6-9H,10H2,1-5H3,(H,19,20,21). The van der Waals surface area contributed by atoms with Crippen LogP contribution in [0.15, 0.2) is 28.4 Å². The van der Waals surface area contributed by atoms with Crippen molar-refractivity contribution >= 4 is 37.4 Å². The van der Waals surface area contributed by atoms with Crippen molar-refractivity contribution in [3.63, 3.8) is 0 Å². The van der Waals surface area contributed by atoms with Crippen LogP contribution in [0.2, 0.25) is 18.1 Å². The second-order valence-corrected chi connectivity index (χ2v) is 12.7. The first-order chi connectivity index (χ1) is 11.1. The maximum atomic E-state index is 13.9. The molecule has 24 heavy (non-hydrogen) atoms.